The molecular formula is C15H15Cl2IN2. The fourth-order valence-corrected chi connectivity index (χ4v) is 2.80. The van der Waals surface area contributed by atoms with Gasteiger partial charge in [0.05, 0.1) is 9.26 Å². The number of halogens is 3. The second kappa shape index (κ2) is 7.05. The summed E-state index contributed by atoms with van der Waals surface area (Å²) in [6.07, 6.45) is 1.50. The molecule has 0 fully saturated rings. The zero-order valence-corrected chi connectivity index (χ0v) is 15.0. The van der Waals surface area contributed by atoms with Crippen LogP contribution in [-0.4, -0.2) is 9.97 Å². The number of aromatic nitrogens is 2. The molecular weight excluding hydrogens is 406 g/mol. The van der Waals surface area contributed by atoms with E-state index in [0.717, 1.165) is 32.1 Å². The molecule has 2 aromatic rings. The molecule has 5 heteroatoms. The Morgan fingerprint density at radius 1 is 1.15 bits per heavy atom. The highest BCUT2D eigenvalue weighted by Crippen LogP contribution is 2.23. The highest BCUT2D eigenvalue weighted by Gasteiger charge is 2.13. The van der Waals surface area contributed by atoms with Crippen LogP contribution in [-0.2, 0) is 12.8 Å². The van der Waals surface area contributed by atoms with Gasteiger partial charge in [-0.2, -0.15) is 0 Å². The molecule has 0 saturated heterocycles. The molecule has 0 bridgehead atoms. The van der Waals surface area contributed by atoms with E-state index in [1.165, 1.54) is 0 Å². The molecule has 0 aliphatic carbocycles. The maximum Gasteiger partial charge on any atom is 0.146 e. The molecule has 1 heterocycles. The van der Waals surface area contributed by atoms with Crippen LogP contribution in [0.4, 0.5) is 0 Å². The van der Waals surface area contributed by atoms with Crippen LogP contribution in [0.3, 0.4) is 0 Å². The Morgan fingerprint density at radius 3 is 2.50 bits per heavy atom. The fourth-order valence-electron chi connectivity index (χ4n) is 1.92. The Morgan fingerprint density at radius 2 is 1.85 bits per heavy atom. The number of hydrogen-bond donors (Lipinski definition) is 0. The molecule has 0 spiro atoms. The third-order valence-electron chi connectivity index (χ3n) is 2.83. The molecule has 2 rings (SSSR count). The Kier molecular flexibility index (Phi) is 5.64. The largest absolute Gasteiger partial charge is 0.236 e. The van der Waals surface area contributed by atoms with Crippen molar-refractivity contribution in [1.29, 1.82) is 0 Å². The highest BCUT2D eigenvalue weighted by molar-refractivity contribution is 14.1. The Bertz CT molecular complexity index is 615. The molecule has 0 aliphatic heterocycles. The Hall–Kier alpha value is -0.390. The molecule has 2 nitrogen and oxygen atoms in total. The maximum absolute atomic E-state index is 6.22. The smallest absolute Gasteiger partial charge is 0.146 e. The molecule has 0 atom stereocenters. The summed E-state index contributed by atoms with van der Waals surface area (Å²) in [5, 5.41) is 1.26. The van der Waals surface area contributed by atoms with Crippen molar-refractivity contribution >= 4 is 45.8 Å². The quantitative estimate of drug-likeness (QED) is 0.503. The van der Waals surface area contributed by atoms with Crippen molar-refractivity contribution in [2.75, 3.05) is 0 Å². The third kappa shape index (κ3) is 4.06. The summed E-state index contributed by atoms with van der Waals surface area (Å²) in [5.41, 5.74) is 2.03. The number of hydrogen-bond acceptors (Lipinski definition) is 2. The van der Waals surface area contributed by atoms with Gasteiger partial charge in [0, 0.05) is 11.4 Å². The number of benzene rings is 1. The SMILES string of the molecule is CC(C)Cc1nc(Cc2ccccc2Cl)nc(Cl)c1I. The molecule has 0 radical (unpaired) electrons. The van der Waals surface area contributed by atoms with Crippen LogP contribution in [0.5, 0.6) is 0 Å². The average molecular weight is 421 g/mol. The van der Waals surface area contributed by atoms with Crippen molar-refractivity contribution < 1.29 is 0 Å². The van der Waals surface area contributed by atoms with Crippen LogP contribution < -0.4 is 0 Å². The summed E-state index contributed by atoms with van der Waals surface area (Å²) in [7, 11) is 0. The molecule has 0 unspecified atom stereocenters. The summed E-state index contributed by atoms with van der Waals surface area (Å²) in [5.74, 6) is 1.25. The molecule has 1 aromatic heterocycles. The van der Waals surface area contributed by atoms with Crippen molar-refractivity contribution in [2.24, 2.45) is 5.92 Å². The van der Waals surface area contributed by atoms with E-state index in [1.54, 1.807) is 0 Å². The van der Waals surface area contributed by atoms with Gasteiger partial charge in [-0.3, -0.25) is 0 Å². The minimum atomic E-state index is 0.526. The van der Waals surface area contributed by atoms with Crippen LogP contribution in [0.25, 0.3) is 0 Å². The molecule has 20 heavy (non-hydrogen) atoms. The lowest BCUT2D eigenvalue weighted by Gasteiger charge is -2.10. The lowest BCUT2D eigenvalue weighted by Crippen LogP contribution is -2.07. The lowest BCUT2D eigenvalue weighted by atomic mass is 10.1. The number of nitrogens with zero attached hydrogens (tertiary/aromatic N) is 2. The fraction of sp³-hybridized carbons (Fsp3) is 0.333. The first-order chi connectivity index (χ1) is 9.47. The van der Waals surface area contributed by atoms with Gasteiger partial charge in [0.15, 0.2) is 0 Å². The molecule has 0 N–H and O–H groups in total. The second-order valence-electron chi connectivity index (χ2n) is 5.06. The standard InChI is InChI=1S/C15H15Cl2IN2/c1-9(2)7-12-14(18)15(17)20-13(19-12)8-10-5-3-4-6-11(10)16/h3-6,9H,7-8H2,1-2H3. The minimum absolute atomic E-state index is 0.526. The van der Waals surface area contributed by atoms with E-state index in [1.807, 2.05) is 24.3 Å². The topological polar surface area (TPSA) is 25.8 Å². The van der Waals surface area contributed by atoms with Crippen molar-refractivity contribution in [1.82, 2.24) is 9.97 Å². The maximum atomic E-state index is 6.22. The molecule has 0 aliphatic rings. The van der Waals surface area contributed by atoms with Crippen molar-refractivity contribution in [3.8, 4) is 0 Å². The molecule has 0 amide bonds. The summed E-state index contributed by atoms with van der Waals surface area (Å²) in [4.78, 5) is 9.01. The van der Waals surface area contributed by atoms with Gasteiger partial charge >= 0.3 is 0 Å². The lowest BCUT2D eigenvalue weighted by molar-refractivity contribution is 0.628. The van der Waals surface area contributed by atoms with Crippen LogP contribution in [0.1, 0.15) is 30.9 Å². The first-order valence-corrected chi connectivity index (χ1v) is 8.25. The Balaban J connectivity index is 2.33. The van der Waals surface area contributed by atoms with Gasteiger partial charge in [-0.05, 0) is 46.6 Å². The van der Waals surface area contributed by atoms with Gasteiger partial charge in [-0.1, -0.05) is 55.2 Å². The second-order valence-corrected chi connectivity index (χ2v) is 6.90. The Labute approximate surface area is 143 Å². The monoisotopic (exact) mass is 420 g/mol. The summed E-state index contributed by atoms with van der Waals surface area (Å²) >= 11 is 14.6. The highest BCUT2D eigenvalue weighted by atomic mass is 127. The van der Waals surface area contributed by atoms with Gasteiger partial charge in [0.2, 0.25) is 0 Å². The van der Waals surface area contributed by atoms with Crippen LogP contribution in [0.2, 0.25) is 10.2 Å². The van der Waals surface area contributed by atoms with E-state index in [9.17, 15) is 0 Å². The van der Waals surface area contributed by atoms with Crippen molar-refractivity contribution in [2.45, 2.75) is 26.7 Å². The summed E-state index contributed by atoms with van der Waals surface area (Å²) in [6, 6.07) is 7.74. The predicted octanol–water partition coefficient (Wildman–Crippen LogP) is 5.18. The van der Waals surface area contributed by atoms with Gasteiger partial charge in [0.1, 0.15) is 11.0 Å². The minimum Gasteiger partial charge on any atom is -0.236 e. The normalized spacial score (nSPS) is 11.1. The summed E-state index contributed by atoms with van der Waals surface area (Å²) < 4.78 is 0.945. The van der Waals surface area contributed by atoms with E-state index >= 15 is 0 Å². The molecule has 1 aromatic carbocycles. The first kappa shape index (κ1) is 16.0. The van der Waals surface area contributed by atoms with E-state index in [-0.39, 0.29) is 0 Å². The van der Waals surface area contributed by atoms with Crippen molar-refractivity contribution in [3.05, 3.63) is 55.1 Å². The first-order valence-electron chi connectivity index (χ1n) is 6.41. The van der Waals surface area contributed by atoms with Gasteiger partial charge in [-0.15, -0.1) is 0 Å². The van der Waals surface area contributed by atoms with Crippen LogP contribution in [0.15, 0.2) is 24.3 Å². The zero-order valence-electron chi connectivity index (χ0n) is 11.3. The van der Waals surface area contributed by atoms with Gasteiger partial charge in [-0.25, -0.2) is 9.97 Å². The third-order valence-corrected chi connectivity index (χ3v) is 4.93. The summed E-state index contributed by atoms with van der Waals surface area (Å²) in [6.45, 7) is 4.33. The average Bonchev–Trinajstić information content (AvgIpc) is 2.37. The van der Waals surface area contributed by atoms with E-state index in [0.29, 0.717) is 17.5 Å². The van der Waals surface area contributed by atoms with Crippen molar-refractivity contribution in [3.63, 3.8) is 0 Å². The van der Waals surface area contributed by atoms with Gasteiger partial charge in [0.25, 0.3) is 0 Å². The zero-order chi connectivity index (χ0) is 14.7. The number of rotatable bonds is 4. The van der Waals surface area contributed by atoms with Crippen LogP contribution >= 0.6 is 45.8 Å². The van der Waals surface area contributed by atoms with Gasteiger partial charge < -0.3 is 0 Å². The predicted molar refractivity (Wildman–Crippen MR) is 92.6 cm³/mol. The molecule has 106 valence electrons. The van der Waals surface area contributed by atoms with E-state index in [2.05, 4.69) is 46.4 Å². The van der Waals surface area contributed by atoms with E-state index in [4.69, 9.17) is 23.2 Å². The van der Waals surface area contributed by atoms with Crippen LogP contribution in [0, 0.1) is 9.49 Å². The van der Waals surface area contributed by atoms with E-state index < -0.39 is 0 Å². The molecule has 0 saturated carbocycles.